The van der Waals surface area contributed by atoms with E-state index in [0.29, 0.717) is 10.3 Å². The highest BCUT2D eigenvalue weighted by atomic mass is 32.2. The lowest BCUT2D eigenvalue weighted by Crippen LogP contribution is -2.32. The van der Waals surface area contributed by atoms with Crippen LogP contribution in [0.3, 0.4) is 0 Å². The number of nitrogens with zero attached hydrogens (tertiary/aromatic N) is 4. The second-order valence-corrected chi connectivity index (χ2v) is 6.58. The Morgan fingerprint density at radius 2 is 2.38 bits per heavy atom. The Hall–Kier alpha value is -1.44. The minimum absolute atomic E-state index is 0.0164. The number of nitrogens with two attached hydrogens (primary N) is 2. The number of hydrogen-bond acceptors (Lipinski definition) is 7. The van der Waals surface area contributed by atoms with Gasteiger partial charge in [-0.05, 0) is 6.92 Å². The molecule has 1 unspecified atom stereocenters. The second kappa shape index (κ2) is 9.49. The van der Waals surface area contributed by atoms with Crippen LogP contribution in [0.15, 0.2) is 15.4 Å². The van der Waals surface area contributed by atoms with Gasteiger partial charge in [-0.3, -0.25) is 4.99 Å². The van der Waals surface area contributed by atoms with Crippen molar-refractivity contribution in [2.24, 2.45) is 21.5 Å². The van der Waals surface area contributed by atoms with E-state index >= 15 is 0 Å². The van der Waals surface area contributed by atoms with Gasteiger partial charge in [0, 0.05) is 41.7 Å². The maximum atomic E-state index is 8.62. The van der Waals surface area contributed by atoms with Crippen molar-refractivity contribution in [2.75, 3.05) is 12.8 Å². The summed E-state index contributed by atoms with van der Waals surface area (Å²) in [5, 5.41) is 17.0. The zero-order valence-electron chi connectivity index (χ0n) is 11.7. The van der Waals surface area contributed by atoms with Crippen LogP contribution in [0.5, 0.6) is 0 Å². The van der Waals surface area contributed by atoms with E-state index in [4.69, 9.17) is 16.7 Å². The van der Waals surface area contributed by atoms with Gasteiger partial charge in [0.15, 0.2) is 11.1 Å². The maximum Gasteiger partial charge on any atom is 0.212 e. The number of thioether (sulfide) groups is 2. The van der Waals surface area contributed by atoms with Crippen molar-refractivity contribution in [3.8, 4) is 5.40 Å². The van der Waals surface area contributed by atoms with Crippen LogP contribution < -0.4 is 16.8 Å². The third-order valence-corrected chi connectivity index (χ3v) is 4.70. The molecule has 10 heteroatoms. The fraction of sp³-hybridized carbons (Fsp3) is 0.455. The SMILES string of the molecule is CN=C(NC(C)CSCc1csc(N=C(N)N)n1)SC#N. The molecular formula is C11H17N7S3. The van der Waals surface area contributed by atoms with Gasteiger partial charge in [0.05, 0.1) is 5.69 Å². The summed E-state index contributed by atoms with van der Waals surface area (Å²) < 4.78 is 0. The van der Waals surface area contributed by atoms with E-state index in [1.54, 1.807) is 18.8 Å². The molecule has 0 amide bonds. The van der Waals surface area contributed by atoms with Crippen LogP contribution in [0.25, 0.3) is 0 Å². The molecule has 0 spiro atoms. The Morgan fingerprint density at radius 3 is 3.00 bits per heavy atom. The standard InChI is InChI=1S/C11H17N7S3/c1-7(16-10(15-2)21-6-12)3-19-4-8-5-20-11(17-8)18-9(13)14/h5,7H,3-4H2,1-2H3,(H,15,16)(H4,13,14,17,18). The van der Waals surface area contributed by atoms with Crippen molar-refractivity contribution >= 4 is 51.1 Å². The number of aliphatic imine (C=N–C) groups is 2. The van der Waals surface area contributed by atoms with E-state index in [2.05, 4.69) is 20.3 Å². The van der Waals surface area contributed by atoms with E-state index < -0.39 is 0 Å². The molecule has 114 valence electrons. The molecule has 21 heavy (non-hydrogen) atoms. The van der Waals surface area contributed by atoms with Crippen molar-refractivity contribution in [1.82, 2.24) is 10.3 Å². The smallest absolute Gasteiger partial charge is 0.212 e. The highest BCUT2D eigenvalue weighted by Crippen LogP contribution is 2.22. The van der Waals surface area contributed by atoms with Crippen molar-refractivity contribution in [2.45, 2.75) is 18.7 Å². The Balaban J connectivity index is 2.35. The molecule has 1 rings (SSSR count). The molecule has 5 N–H and O–H groups in total. The molecule has 0 aliphatic carbocycles. The largest absolute Gasteiger partial charge is 0.370 e. The molecule has 0 radical (unpaired) electrons. The van der Waals surface area contributed by atoms with E-state index in [-0.39, 0.29) is 12.0 Å². The molecule has 1 heterocycles. The van der Waals surface area contributed by atoms with Crippen LogP contribution in [0.1, 0.15) is 12.6 Å². The fourth-order valence-corrected chi connectivity index (χ4v) is 3.46. The van der Waals surface area contributed by atoms with Crippen LogP contribution >= 0.6 is 34.9 Å². The van der Waals surface area contributed by atoms with Crippen molar-refractivity contribution in [3.63, 3.8) is 0 Å². The van der Waals surface area contributed by atoms with Gasteiger partial charge in [-0.1, -0.05) is 0 Å². The highest BCUT2D eigenvalue weighted by molar-refractivity contribution is 8.17. The van der Waals surface area contributed by atoms with Gasteiger partial charge >= 0.3 is 0 Å². The van der Waals surface area contributed by atoms with Crippen molar-refractivity contribution < 1.29 is 0 Å². The average Bonchev–Trinajstić information content (AvgIpc) is 2.85. The van der Waals surface area contributed by atoms with Gasteiger partial charge in [0.1, 0.15) is 5.40 Å². The van der Waals surface area contributed by atoms with Gasteiger partial charge in [0.25, 0.3) is 0 Å². The Labute approximate surface area is 136 Å². The Bertz CT molecular complexity index is 542. The summed E-state index contributed by atoms with van der Waals surface area (Å²) in [4.78, 5) is 12.2. The molecule has 1 aromatic rings. The number of rotatable bonds is 6. The summed E-state index contributed by atoms with van der Waals surface area (Å²) in [5.41, 5.74) is 11.6. The predicted octanol–water partition coefficient (Wildman–Crippen LogP) is 1.46. The van der Waals surface area contributed by atoms with Crippen molar-refractivity contribution in [1.29, 1.82) is 5.26 Å². The van der Waals surface area contributed by atoms with Crippen LogP contribution in [-0.4, -0.2) is 35.0 Å². The lowest BCUT2D eigenvalue weighted by Gasteiger charge is -2.13. The molecule has 0 aromatic carbocycles. The zero-order valence-corrected chi connectivity index (χ0v) is 14.2. The van der Waals surface area contributed by atoms with Gasteiger partial charge in [-0.15, -0.1) is 11.3 Å². The first-order chi connectivity index (χ1) is 10.0. The molecular weight excluding hydrogens is 326 g/mol. The number of nitriles is 1. The van der Waals surface area contributed by atoms with Gasteiger partial charge in [-0.25, -0.2) is 4.98 Å². The normalized spacial score (nSPS) is 12.5. The Morgan fingerprint density at radius 1 is 1.62 bits per heavy atom. The third kappa shape index (κ3) is 7.22. The summed E-state index contributed by atoms with van der Waals surface area (Å²) in [6.07, 6.45) is 0. The molecule has 7 nitrogen and oxygen atoms in total. The number of thiazole rings is 1. The molecule has 0 saturated heterocycles. The van der Waals surface area contributed by atoms with Gasteiger partial charge in [-0.2, -0.15) is 22.0 Å². The molecule has 0 aliphatic heterocycles. The fourth-order valence-electron chi connectivity index (χ4n) is 1.30. The summed E-state index contributed by atoms with van der Waals surface area (Å²) in [5.74, 6) is 1.68. The molecule has 0 fully saturated rings. The molecule has 1 aromatic heterocycles. The van der Waals surface area contributed by atoms with E-state index in [9.17, 15) is 0 Å². The van der Waals surface area contributed by atoms with E-state index in [1.807, 2.05) is 17.7 Å². The predicted molar refractivity (Wildman–Crippen MR) is 92.9 cm³/mol. The number of thiocyanates is 1. The minimum Gasteiger partial charge on any atom is -0.370 e. The second-order valence-electron chi connectivity index (χ2n) is 3.94. The lowest BCUT2D eigenvalue weighted by atomic mass is 10.4. The lowest BCUT2D eigenvalue weighted by molar-refractivity contribution is 0.750. The minimum atomic E-state index is 0.0164. The van der Waals surface area contributed by atoms with Crippen molar-refractivity contribution in [3.05, 3.63) is 11.1 Å². The van der Waals surface area contributed by atoms with Gasteiger partial charge < -0.3 is 16.8 Å². The zero-order chi connectivity index (χ0) is 15.7. The average molecular weight is 344 g/mol. The monoisotopic (exact) mass is 343 g/mol. The summed E-state index contributed by atoms with van der Waals surface area (Å²) in [6, 6.07) is 0.213. The number of aromatic nitrogens is 1. The summed E-state index contributed by atoms with van der Waals surface area (Å²) in [7, 11) is 1.66. The van der Waals surface area contributed by atoms with Crippen LogP contribution in [-0.2, 0) is 5.75 Å². The number of hydrogen-bond donors (Lipinski definition) is 3. The van der Waals surface area contributed by atoms with Gasteiger partial charge in [0.2, 0.25) is 5.13 Å². The molecule has 0 bridgehead atoms. The summed E-state index contributed by atoms with van der Waals surface area (Å²) in [6.45, 7) is 2.04. The first kappa shape index (κ1) is 17.6. The third-order valence-electron chi connectivity index (χ3n) is 2.10. The molecule has 0 aliphatic rings. The molecule has 1 atom stereocenters. The molecule has 0 saturated carbocycles. The summed E-state index contributed by atoms with van der Waals surface area (Å²) >= 11 is 4.18. The van der Waals surface area contributed by atoms with E-state index in [1.165, 1.54) is 11.3 Å². The van der Waals surface area contributed by atoms with Crippen LogP contribution in [0.2, 0.25) is 0 Å². The first-order valence-corrected chi connectivity index (χ1v) is 8.81. The topological polar surface area (TPSA) is 125 Å². The number of amidine groups is 1. The number of nitrogens with one attached hydrogen (secondary N) is 1. The van der Waals surface area contributed by atoms with E-state index in [0.717, 1.165) is 29.0 Å². The number of guanidine groups is 1. The highest BCUT2D eigenvalue weighted by Gasteiger charge is 2.07. The van der Waals surface area contributed by atoms with Crippen LogP contribution in [0.4, 0.5) is 5.13 Å². The quantitative estimate of drug-likeness (QED) is 0.405. The van der Waals surface area contributed by atoms with Crippen LogP contribution in [0, 0.1) is 10.7 Å². The first-order valence-electron chi connectivity index (χ1n) is 5.96. The maximum absolute atomic E-state index is 8.62. The Kier molecular flexibility index (Phi) is 7.96.